The standard InChI is InChI=1S/C18H21NO3/c1-4-12-21-15-10-8-14(9-11-15)16-6-5-7-17(19-16)18(20)22-13(2)3/h5-11,13H,4,12H2,1-3H3. The van der Waals surface area contributed by atoms with Crippen molar-refractivity contribution in [3.63, 3.8) is 0 Å². The number of carbonyl (C=O) groups excluding carboxylic acids is 1. The van der Waals surface area contributed by atoms with Crippen molar-refractivity contribution in [3.05, 3.63) is 48.2 Å². The Labute approximate surface area is 131 Å². The molecule has 0 aliphatic rings. The van der Waals surface area contributed by atoms with Crippen molar-refractivity contribution in [1.29, 1.82) is 0 Å². The number of esters is 1. The Morgan fingerprint density at radius 3 is 2.50 bits per heavy atom. The highest BCUT2D eigenvalue weighted by molar-refractivity contribution is 5.88. The summed E-state index contributed by atoms with van der Waals surface area (Å²) in [6.07, 6.45) is 0.816. The summed E-state index contributed by atoms with van der Waals surface area (Å²) < 4.78 is 10.7. The maximum atomic E-state index is 11.9. The second-order valence-electron chi connectivity index (χ2n) is 5.23. The third-order valence-corrected chi connectivity index (χ3v) is 2.92. The highest BCUT2D eigenvalue weighted by Gasteiger charge is 2.11. The van der Waals surface area contributed by atoms with Gasteiger partial charge in [0.1, 0.15) is 11.4 Å². The van der Waals surface area contributed by atoms with E-state index in [0.29, 0.717) is 12.3 Å². The van der Waals surface area contributed by atoms with E-state index in [1.165, 1.54) is 0 Å². The van der Waals surface area contributed by atoms with Crippen molar-refractivity contribution in [3.8, 4) is 17.0 Å². The first-order valence-corrected chi connectivity index (χ1v) is 7.51. The van der Waals surface area contributed by atoms with Crippen LogP contribution in [0.15, 0.2) is 42.5 Å². The lowest BCUT2D eigenvalue weighted by Crippen LogP contribution is -2.13. The van der Waals surface area contributed by atoms with Gasteiger partial charge in [-0.15, -0.1) is 0 Å². The third-order valence-electron chi connectivity index (χ3n) is 2.92. The van der Waals surface area contributed by atoms with Crippen LogP contribution in [0.1, 0.15) is 37.7 Å². The quantitative estimate of drug-likeness (QED) is 0.753. The Morgan fingerprint density at radius 1 is 1.14 bits per heavy atom. The van der Waals surface area contributed by atoms with Crippen LogP contribution in [0.5, 0.6) is 5.75 Å². The fraction of sp³-hybridized carbons (Fsp3) is 0.333. The van der Waals surface area contributed by atoms with Crippen LogP contribution in [0, 0.1) is 0 Å². The van der Waals surface area contributed by atoms with Crippen molar-refractivity contribution >= 4 is 5.97 Å². The molecule has 0 bridgehead atoms. The van der Waals surface area contributed by atoms with E-state index in [2.05, 4.69) is 11.9 Å². The lowest BCUT2D eigenvalue weighted by atomic mass is 10.1. The number of hydrogen-bond acceptors (Lipinski definition) is 4. The van der Waals surface area contributed by atoms with E-state index in [0.717, 1.165) is 23.4 Å². The molecule has 4 heteroatoms. The number of ether oxygens (including phenoxy) is 2. The first kappa shape index (κ1) is 16.0. The molecule has 0 N–H and O–H groups in total. The van der Waals surface area contributed by atoms with Gasteiger partial charge in [-0.25, -0.2) is 9.78 Å². The Morgan fingerprint density at radius 2 is 1.86 bits per heavy atom. The molecule has 0 amide bonds. The summed E-state index contributed by atoms with van der Waals surface area (Å²) in [6, 6.07) is 13.0. The number of carbonyl (C=O) groups is 1. The minimum Gasteiger partial charge on any atom is -0.494 e. The molecule has 0 saturated carbocycles. The highest BCUT2D eigenvalue weighted by Crippen LogP contribution is 2.21. The number of benzene rings is 1. The van der Waals surface area contributed by atoms with E-state index in [9.17, 15) is 4.79 Å². The Kier molecular flexibility index (Phi) is 5.53. The van der Waals surface area contributed by atoms with Crippen molar-refractivity contribution in [1.82, 2.24) is 4.98 Å². The number of aromatic nitrogens is 1. The van der Waals surface area contributed by atoms with Crippen LogP contribution in [0.2, 0.25) is 0 Å². The van der Waals surface area contributed by atoms with Crippen LogP contribution in [-0.2, 0) is 4.74 Å². The maximum Gasteiger partial charge on any atom is 0.357 e. The van der Waals surface area contributed by atoms with Crippen LogP contribution >= 0.6 is 0 Å². The highest BCUT2D eigenvalue weighted by atomic mass is 16.5. The molecule has 2 aromatic rings. The zero-order valence-electron chi connectivity index (χ0n) is 13.2. The van der Waals surface area contributed by atoms with Gasteiger partial charge < -0.3 is 9.47 Å². The molecular weight excluding hydrogens is 278 g/mol. The van der Waals surface area contributed by atoms with Crippen LogP contribution < -0.4 is 4.74 Å². The summed E-state index contributed by atoms with van der Waals surface area (Å²) in [5.41, 5.74) is 1.99. The SMILES string of the molecule is CCCOc1ccc(-c2cccc(C(=O)OC(C)C)n2)cc1. The maximum absolute atomic E-state index is 11.9. The summed E-state index contributed by atoms with van der Waals surface area (Å²) in [7, 11) is 0. The molecule has 22 heavy (non-hydrogen) atoms. The Hall–Kier alpha value is -2.36. The largest absolute Gasteiger partial charge is 0.494 e. The molecule has 1 heterocycles. The number of rotatable bonds is 6. The second kappa shape index (κ2) is 7.59. The van der Waals surface area contributed by atoms with Gasteiger partial charge in [0.15, 0.2) is 0 Å². The summed E-state index contributed by atoms with van der Waals surface area (Å²) in [5, 5.41) is 0. The predicted octanol–water partition coefficient (Wildman–Crippen LogP) is 4.10. The van der Waals surface area contributed by atoms with Gasteiger partial charge in [-0.1, -0.05) is 13.0 Å². The third kappa shape index (κ3) is 4.32. The molecule has 0 aliphatic heterocycles. The Bertz CT molecular complexity index is 620. The molecule has 0 fully saturated rings. The lowest BCUT2D eigenvalue weighted by molar-refractivity contribution is 0.0371. The lowest BCUT2D eigenvalue weighted by Gasteiger charge is -2.09. The number of hydrogen-bond donors (Lipinski definition) is 0. The molecule has 0 saturated heterocycles. The summed E-state index contributed by atoms with van der Waals surface area (Å²) >= 11 is 0. The molecule has 4 nitrogen and oxygen atoms in total. The number of nitrogens with zero attached hydrogens (tertiary/aromatic N) is 1. The van der Waals surface area contributed by atoms with Gasteiger partial charge in [0, 0.05) is 5.56 Å². The average molecular weight is 299 g/mol. The minimum atomic E-state index is -0.403. The van der Waals surface area contributed by atoms with Crippen molar-refractivity contribution in [2.45, 2.75) is 33.3 Å². The molecule has 116 valence electrons. The van der Waals surface area contributed by atoms with Crippen LogP contribution in [-0.4, -0.2) is 23.7 Å². The zero-order chi connectivity index (χ0) is 15.9. The van der Waals surface area contributed by atoms with E-state index < -0.39 is 5.97 Å². The van der Waals surface area contributed by atoms with E-state index in [-0.39, 0.29) is 6.10 Å². The smallest absolute Gasteiger partial charge is 0.357 e. The van der Waals surface area contributed by atoms with Crippen LogP contribution in [0.3, 0.4) is 0 Å². The summed E-state index contributed by atoms with van der Waals surface area (Å²) in [4.78, 5) is 16.3. The van der Waals surface area contributed by atoms with Gasteiger partial charge in [0.05, 0.1) is 18.4 Å². The molecule has 1 aromatic heterocycles. The van der Waals surface area contributed by atoms with Gasteiger partial charge >= 0.3 is 5.97 Å². The van der Waals surface area contributed by atoms with Crippen LogP contribution in [0.4, 0.5) is 0 Å². The van der Waals surface area contributed by atoms with Crippen molar-refractivity contribution in [2.75, 3.05) is 6.61 Å². The van der Waals surface area contributed by atoms with Crippen molar-refractivity contribution < 1.29 is 14.3 Å². The molecule has 1 aromatic carbocycles. The van der Waals surface area contributed by atoms with Gasteiger partial charge in [0.2, 0.25) is 0 Å². The van der Waals surface area contributed by atoms with E-state index in [4.69, 9.17) is 9.47 Å². The van der Waals surface area contributed by atoms with Gasteiger partial charge in [-0.3, -0.25) is 0 Å². The predicted molar refractivity (Wildman–Crippen MR) is 86.0 cm³/mol. The van der Waals surface area contributed by atoms with Gasteiger partial charge in [-0.2, -0.15) is 0 Å². The molecule has 0 radical (unpaired) electrons. The molecule has 0 aliphatic carbocycles. The second-order valence-corrected chi connectivity index (χ2v) is 5.23. The molecule has 2 rings (SSSR count). The first-order chi connectivity index (χ1) is 10.6. The van der Waals surface area contributed by atoms with E-state index in [1.54, 1.807) is 12.1 Å². The fourth-order valence-corrected chi connectivity index (χ4v) is 1.93. The topological polar surface area (TPSA) is 48.4 Å². The first-order valence-electron chi connectivity index (χ1n) is 7.51. The fourth-order valence-electron chi connectivity index (χ4n) is 1.93. The van der Waals surface area contributed by atoms with Crippen molar-refractivity contribution in [2.24, 2.45) is 0 Å². The van der Waals surface area contributed by atoms with Crippen LogP contribution in [0.25, 0.3) is 11.3 Å². The monoisotopic (exact) mass is 299 g/mol. The zero-order valence-corrected chi connectivity index (χ0v) is 13.2. The molecule has 0 unspecified atom stereocenters. The van der Waals surface area contributed by atoms with E-state index in [1.807, 2.05) is 44.2 Å². The summed E-state index contributed by atoms with van der Waals surface area (Å²) in [5.74, 6) is 0.431. The minimum absolute atomic E-state index is 0.159. The van der Waals surface area contributed by atoms with E-state index >= 15 is 0 Å². The van der Waals surface area contributed by atoms with Gasteiger partial charge in [-0.05, 0) is 56.7 Å². The number of pyridine rings is 1. The van der Waals surface area contributed by atoms with Gasteiger partial charge in [0.25, 0.3) is 0 Å². The normalized spacial score (nSPS) is 10.5. The Balaban J connectivity index is 2.17. The summed E-state index contributed by atoms with van der Waals surface area (Å²) in [6.45, 7) is 6.40. The molecular formula is C18H21NO3. The average Bonchev–Trinajstić information content (AvgIpc) is 2.53. The molecule has 0 spiro atoms. The molecule has 0 atom stereocenters.